The lowest BCUT2D eigenvalue weighted by Crippen LogP contribution is -2.45. The van der Waals surface area contributed by atoms with E-state index < -0.39 is 0 Å². The summed E-state index contributed by atoms with van der Waals surface area (Å²) < 4.78 is 0. The van der Waals surface area contributed by atoms with Crippen LogP contribution in [-0.2, 0) is 19.3 Å². The van der Waals surface area contributed by atoms with Crippen molar-refractivity contribution in [3.8, 4) is 0 Å². The van der Waals surface area contributed by atoms with Crippen LogP contribution in [0.4, 0.5) is 5.69 Å². The number of hydrogen-bond donors (Lipinski definition) is 1. The van der Waals surface area contributed by atoms with Crippen LogP contribution in [0.15, 0.2) is 54.6 Å². The molecule has 4 heteroatoms. The standard InChI is InChI=1S/C24H26ClN3/c1-16(15-17-7-12-20(25)13-8-17)27(2)24(26)28(3)22-14-11-19-10-9-18-5-4-6-21(22)23(18)19/h4-8,11-14,16,26H,9-10,15H2,1-3H3. The van der Waals surface area contributed by atoms with E-state index in [0.29, 0.717) is 5.96 Å². The average Bonchev–Trinajstić information content (AvgIpc) is 3.13. The number of anilines is 1. The predicted octanol–water partition coefficient (Wildman–Crippen LogP) is 5.53. The van der Waals surface area contributed by atoms with Crippen molar-refractivity contribution in [3.63, 3.8) is 0 Å². The van der Waals surface area contributed by atoms with Gasteiger partial charge in [0.05, 0.1) is 5.69 Å². The molecule has 0 amide bonds. The Kier molecular flexibility index (Phi) is 5.03. The first-order valence-corrected chi connectivity index (χ1v) is 10.2. The minimum Gasteiger partial charge on any atom is -0.343 e. The lowest BCUT2D eigenvalue weighted by Gasteiger charge is -2.33. The molecule has 1 N–H and O–H groups in total. The molecule has 144 valence electrons. The van der Waals surface area contributed by atoms with Crippen molar-refractivity contribution >= 4 is 34.0 Å². The molecular weight excluding hydrogens is 366 g/mol. The highest BCUT2D eigenvalue weighted by molar-refractivity contribution is 6.30. The predicted molar refractivity (Wildman–Crippen MR) is 120 cm³/mol. The van der Waals surface area contributed by atoms with Crippen LogP contribution in [0.3, 0.4) is 0 Å². The van der Waals surface area contributed by atoms with Crippen molar-refractivity contribution in [1.82, 2.24) is 4.90 Å². The van der Waals surface area contributed by atoms with Crippen LogP contribution in [0.25, 0.3) is 10.8 Å². The number of likely N-dealkylation sites (N-methyl/N-ethyl adjacent to an activating group) is 1. The third-order valence-corrected chi connectivity index (χ3v) is 6.22. The number of nitrogens with one attached hydrogen (secondary N) is 1. The number of aryl methyl sites for hydroxylation is 2. The Hall–Kier alpha value is -2.52. The summed E-state index contributed by atoms with van der Waals surface area (Å²) in [6.45, 7) is 2.16. The highest BCUT2D eigenvalue weighted by atomic mass is 35.5. The van der Waals surface area contributed by atoms with E-state index in [1.54, 1.807) is 0 Å². The summed E-state index contributed by atoms with van der Waals surface area (Å²) >= 11 is 5.99. The van der Waals surface area contributed by atoms with Crippen LogP contribution in [0, 0.1) is 5.41 Å². The molecule has 28 heavy (non-hydrogen) atoms. The maximum atomic E-state index is 8.80. The molecule has 0 bridgehead atoms. The van der Waals surface area contributed by atoms with Gasteiger partial charge < -0.3 is 9.80 Å². The molecule has 3 aromatic carbocycles. The largest absolute Gasteiger partial charge is 0.343 e. The molecular formula is C24H26ClN3. The number of rotatable bonds is 4. The fourth-order valence-corrected chi connectivity index (χ4v) is 4.31. The second kappa shape index (κ2) is 7.48. The normalized spacial score (nSPS) is 13.6. The molecule has 0 saturated carbocycles. The second-order valence-electron chi connectivity index (χ2n) is 7.76. The molecule has 0 heterocycles. The van der Waals surface area contributed by atoms with Crippen LogP contribution in [0.5, 0.6) is 0 Å². The van der Waals surface area contributed by atoms with Crippen molar-refractivity contribution in [1.29, 1.82) is 5.41 Å². The molecule has 0 radical (unpaired) electrons. The van der Waals surface area contributed by atoms with Crippen LogP contribution in [0.1, 0.15) is 23.6 Å². The highest BCUT2D eigenvalue weighted by Gasteiger charge is 2.21. The van der Waals surface area contributed by atoms with E-state index in [0.717, 1.165) is 30.0 Å². The summed E-state index contributed by atoms with van der Waals surface area (Å²) in [5.41, 5.74) is 5.18. The van der Waals surface area contributed by atoms with Gasteiger partial charge in [0.15, 0.2) is 5.96 Å². The van der Waals surface area contributed by atoms with Crippen molar-refractivity contribution < 1.29 is 0 Å². The molecule has 3 nitrogen and oxygen atoms in total. The topological polar surface area (TPSA) is 30.3 Å². The molecule has 0 spiro atoms. The van der Waals surface area contributed by atoms with Crippen molar-refractivity contribution in [2.45, 2.75) is 32.2 Å². The fourth-order valence-electron chi connectivity index (χ4n) is 4.18. The lowest BCUT2D eigenvalue weighted by molar-refractivity contribution is 0.380. The maximum Gasteiger partial charge on any atom is 0.198 e. The van der Waals surface area contributed by atoms with Gasteiger partial charge in [-0.2, -0.15) is 0 Å². The number of benzene rings is 3. The first-order valence-electron chi connectivity index (χ1n) is 9.78. The molecule has 3 aromatic rings. The zero-order valence-electron chi connectivity index (χ0n) is 16.7. The molecule has 1 aliphatic rings. The number of halogens is 1. The van der Waals surface area contributed by atoms with Gasteiger partial charge in [-0.15, -0.1) is 0 Å². The van der Waals surface area contributed by atoms with Gasteiger partial charge in [-0.3, -0.25) is 5.41 Å². The lowest BCUT2D eigenvalue weighted by atomic mass is 10.0. The first-order chi connectivity index (χ1) is 13.5. The van der Waals surface area contributed by atoms with E-state index in [1.165, 1.54) is 27.5 Å². The van der Waals surface area contributed by atoms with E-state index in [9.17, 15) is 0 Å². The Bertz CT molecular complexity index is 1020. The van der Waals surface area contributed by atoms with Crippen molar-refractivity contribution in [2.75, 3.05) is 19.0 Å². The summed E-state index contributed by atoms with van der Waals surface area (Å²) in [7, 11) is 3.99. The van der Waals surface area contributed by atoms with Gasteiger partial charge >= 0.3 is 0 Å². The molecule has 0 aliphatic heterocycles. The summed E-state index contributed by atoms with van der Waals surface area (Å²) in [6.07, 6.45) is 3.11. The second-order valence-corrected chi connectivity index (χ2v) is 8.19. The molecule has 0 saturated heterocycles. The summed E-state index contributed by atoms with van der Waals surface area (Å²) in [4.78, 5) is 4.04. The van der Waals surface area contributed by atoms with Crippen LogP contribution >= 0.6 is 11.6 Å². The average molecular weight is 392 g/mol. The minimum absolute atomic E-state index is 0.202. The molecule has 1 unspecified atom stereocenters. The SMILES string of the molecule is CC(Cc1ccc(Cl)cc1)N(C)C(=N)N(C)c1ccc2c3c(cccc13)CC2. The van der Waals surface area contributed by atoms with Gasteiger partial charge in [0.1, 0.15) is 0 Å². The molecule has 0 fully saturated rings. The monoisotopic (exact) mass is 391 g/mol. The van der Waals surface area contributed by atoms with Crippen molar-refractivity contribution in [3.05, 3.63) is 76.3 Å². The van der Waals surface area contributed by atoms with Crippen LogP contribution < -0.4 is 4.90 Å². The van der Waals surface area contributed by atoms with Crippen LogP contribution in [-0.4, -0.2) is 31.0 Å². The van der Waals surface area contributed by atoms with E-state index >= 15 is 0 Å². The van der Waals surface area contributed by atoms with Crippen molar-refractivity contribution in [2.24, 2.45) is 0 Å². The molecule has 4 rings (SSSR count). The quantitative estimate of drug-likeness (QED) is 0.468. The number of guanidine groups is 1. The van der Waals surface area contributed by atoms with Crippen LogP contribution in [0.2, 0.25) is 5.02 Å². The zero-order valence-corrected chi connectivity index (χ0v) is 17.4. The Morgan fingerprint density at radius 2 is 1.68 bits per heavy atom. The van der Waals surface area contributed by atoms with E-state index in [2.05, 4.69) is 49.4 Å². The summed E-state index contributed by atoms with van der Waals surface area (Å²) in [5.74, 6) is 0.500. The van der Waals surface area contributed by atoms with Gasteiger partial charge in [0.25, 0.3) is 0 Å². The third kappa shape index (κ3) is 3.35. The third-order valence-electron chi connectivity index (χ3n) is 5.97. The van der Waals surface area contributed by atoms with Gasteiger partial charge in [0, 0.05) is 30.5 Å². The Morgan fingerprint density at radius 1 is 1.00 bits per heavy atom. The maximum absolute atomic E-state index is 8.80. The van der Waals surface area contributed by atoms with Gasteiger partial charge in [-0.1, -0.05) is 48.0 Å². The van der Waals surface area contributed by atoms with E-state index in [1.807, 2.05) is 36.0 Å². The molecule has 0 aromatic heterocycles. The number of nitrogens with zero attached hydrogens (tertiary/aromatic N) is 2. The Morgan fingerprint density at radius 3 is 2.39 bits per heavy atom. The number of hydrogen-bond acceptors (Lipinski definition) is 1. The highest BCUT2D eigenvalue weighted by Crippen LogP contribution is 2.36. The molecule has 1 atom stereocenters. The Balaban J connectivity index is 1.56. The summed E-state index contributed by atoms with van der Waals surface area (Å²) in [5, 5.41) is 12.2. The van der Waals surface area contributed by atoms with E-state index in [4.69, 9.17) is 17.0 Å². The minimum atomic E-state index is 0.202. The Labute approximate surface area is 172 Å². The smallest absolute Gasteiger partial charge is 0.198 e. The zero-order chi connectivity index (χ0) is 19.8. The van der Waals surface area contributed by atoms with Gasteiger partial charge in [-0.05, 0) is 66.5 Å². The first kappa shape index (κ1) is 18.8. The van der Waals surface area contributed by atoms with Gasteiger partial charge in [-0.25, -0.2) is 0 Å². The fraction of sp³-hybridized carbons (Fsp3) is 0.292. The van der Waals surface area contributed by atoms with E-state index in [-0.39, 0.29) is 6.04 Å². The molecule has 1 aliphatic carbocycles. The van der Waals surface area contributed by atoms with Gasteiger partial charge in [0.2, 0.25) is 0 Å². The summed E-state index contributed by atoms with van der Waals surface area (Å²) in [6, 6.07) is 19.1.